The van der Waals surface area contributed by atoms with Crippen molar-refractivity contribution in [1.29, 1.82) is 0 Å². The fourth-order valence-corrected chi connectivity index (χ4v) is 1.28. The summed E-state index contributed by atoms with van der Waals surface area (Å²) in [7, 11) is 0. The smallest absolute Gasteiger partial charge is 0.134 e. The summed E-state index contributed by atoms with van der Waals surface area (Å²) in [6.45, 7) is 3.96. The van der Waals surface area contributed by atoms with E-state index in [0.29, 0.717) is 13.0 Å². The Kier molecular flexibility index (Phi) is 5.06. The third-order valence-electron chi connectivity index (χ3n) is 2.03. The Morgan fingerprint density at radius 3 is 2.44 bits per heavy atom. The van der Waals surface area contributed by atoms with Crippen LogP contribution >= 0.6 is 11.6 Å². The van der Waals surface area contributed by atoms with Gasteiger partial charge in [-0.2, -0.15) is 0 Å². The van der Waals surface area contributed by atoms with Crippen molar-refractivity contribution in [3.05, 3.63) is 40.9 Å². The van der Waals surface area contributed by atoms with Crippen molar-refractivity contribution < 1.29 is 9.53 Å². The molecule has 86 valence electrons. The number of benzene rings is 1. The van der Waals surface area contributed by atoms with E-state index in [4.69, 9.17) is 16.3 Å². The minimum absolute atomic E-state index is 0.162. The lowest BCUT2D eigenvalue weighted by molar-refractivity contribution is -0.116. The maximum absolute atomic E-state index is 10.9. The summed E-state index contributed by atoms with van der Waals surface area (Å²) in [5.74, 6) is 0.944. The topological polar surface area (TPSA) is 26.3 Å². The number of halogens is 1. The normalized spacial score (nSPS) is 11.3. The number of Topliss-reactive ketones (excluding diaryl/α,β-unsaturated/α-hetero) is 1. The molecule has 0 spiro atoms. The van der Waals surface area contributed by atoms with Crippen molar-refractivity contribution in [2.24, 2.45) is 0 Å². The van der Waals surface area contributed by atoms with Gasteiger partial charge >= 0.3 is 0 Å². The average molecular weight is 239 g/mol. The van der Waals surface area contributed by atoms with Gasteiger partial charge in [0, 0.05) is 12.0 Å². The van der Waals surface area contributed by atoms with Crippen LogP contribution in [0.15, 0.2) is 35.4 Å². The molecule has 0 unspecified atom stereocenters. The second-order valence-electron chi connectivity index (χ2n) is 3.77. The monoisotopic (exact) mass is 238 g/mol. The van der Waals surface area contributed by atoms with Gasteiger partial charge in [-0.15, -0.1) is 0 Å². The van der Waals surface area contributed by atoms with Gasteiger partial charge in [0.15, 0.2) is 0 Å². The van der Waals surface area contributed by atoms with E-state index in [-0.39, 0.29) is 5.78 Å². The van der Waals surface area contributed by atoms with E-state index in [0.717, 1.165) is 16.9 Å². The first kappa shape index (κ1) is 12.8. The Labute approximate surface area is 101 Å². The number of ether oxygens (including phenoxy) is 1. The molecule has 1 aromatic rings. The number of carbonyl (C=O) groups excluding carboxylic acids is 1. The molecule has 0 saturated heterocycles. The lowest BCUT2D eigenvalue weighted by atomic mass is 10.1. The van der Waals surface area contributed by atoms with E-state index >= 15 is 0 Å². The number of rotatable bonds is 5. The number of carbonyl (C=O) groups is 1. The summed E-state index contributed by atoms with van der Waals surface area (Å²) in [5, 5.41) is 0. The van der Waals surface area contributed by atoms with Crippen LogP contribution in [0.1, 0.15) is 19.4 Å². The molecule has 0 radical (unpaired) electrons. The molecule has 0 aromatic heterocycles. The van der Waals surface area contributed by atoms with Crippen molar-refractivity contribution in [3.63, 3.8) is 0 Å². The molecule has 0 heterocycles. The lowest BCUT2D eigenvalue weighted by Gasteiger charge is -2.06. The zero-order valence-corrected chi connectivity index (χ0v) is 10.3. The van der Waals surface area contributed by atoms with E-state index in [1.807, 2.05) is 31.2 Å². The molecule has 0 aliphatic carbocycles. The van der Waals surface area contributed by atoms with Crippen molar-refractivity contribution >= 4 is 17.4 Å². The maximum Gasteiger partial charge on any atom is 0.134 e. The van der Waals surface area contributed by atoms with Gasteiger partial charge in [0.2, 0.25) is 0 Å². The predicted molar refractivity (Wildman–Crippen MR) is 65.9 cm³/mol. The van der Waals surface area contributed by atoms with Gasteiger partial charge in [-0.1, -0.05) is 23.7 Å². The van der Waals surface area contributed by atoms with Gasteiger partial charge < -0.3 is 4.74 Å². The Bertz CT molecular complexity index is 379. The van der Waals surface area contributed by atoms with Gasteiger partial charge in [0.25, 0.3) is 0 Å². The first-order chi connectivity index (χ1) is 7.61. The summed E-state index contributed by atoms with van der Waals surface area (Å²) in [6, 6.07) is 7.52. The van der Waals surface area contributed by atoms with Crippen molar-refractivity contribution in [2.75, 3.05) is 6.61 Å². The lowest BCUT2D eigenvalue weighted by Crippen LogP contribution is -1.99. The van der Waals surface area contributed by atoms with Crippen LogP contribution in [0.25, 0.3) is 0 Å². The molecule has 1 aromatic carbocycles. The largest absolute Gasteiger partial charge is 0.489 e. The van der Waals surface area contributed by atoms with Crippen LogP contribution in [0.4, 0.5) is 0 Å². The van der Waals surface area contributed by atoms with Crippen LogP contribution in [0.5, 0.6) is 5.75 Å². The number of ketones is 1. The third-order valence-corrected chi connectivity index (χ3v) is 2.40. The van der Waals surface area contributed by atoms with Crippen LogP contribution in [0.3, 0.4) is 0 Å². The van der Waals surface area contributed by atoms with Crippen LogP contribution in [0.2, 0.25) is 0 Å². The fourth-order valence-electron chi connectivity index (χ4n) is 1.22. The molecule has 0 N–H and O–H groups in total. The van der Waals surface area contributed by atoms with Crippen molar-refractivity contribution in [3.8, 4) is 5.75 Å². The highest BCUT2D eigenvalue weighted by Crippen LogP contribution is 2.13. The van der Waals surface area contributed by atoms with Crippen LogP contribution in [-0.2, 0) is 11.2 Å². The van der Waals surface area contributed by atoms with Gasteiger partial charge in [-0.05, 0) is 37.1 Å². The summed E-state index contributed by atoms with van der Waals surface area (Å²) >= 11 is 5.52. The highest BCUT2D eigenvalue weighted by atomic mass is 35.5. The van der Waals surface area contributed by atoms with Crippen LogP contribution < -0.4 is 4.74 Å². The zero-order valence-electron chi connectivity index (χ0n) is 9.50. The van der Waals surface area contributed by atoms with Crippen LogP contribution in [-0.4, -0.2) is 12.4 Å². The van der Waals surface area contributed by atoms with Crippen molar-refractivity contribution in [2.45, 2.75) is 20.3 Å². The molecule has 1 rings (SSSR count). The maximum atomic E-state index is 10.9. The summed E-state index contributed by atoms with van der Waals surface area (Å²) < 4.78 is 5.48. The Hall–Kier alpha value is -1.28. The van der Waals surface area contributed by atoms with Gasteiger partial charge in [-0.25, -0.2) is 0 Å². The van der Waals surface area contributed by atoms with E-state index < -0.39 is 0 Å². The Balaban J connectivity index is 2.54. The SMILES string of the molecule is CC(=O)Cc1ccc(OC/C(C)=C/Cl)cc1. The Morgan fingerprint density at radius 2 is 1.94 bits per heavy atom. The van der Waals surface area contributed by atoms with Crippen LogP contribution in [0, 0.1) is 0 Å². The predicted octanol–water partition coefficient (Wildman–Crippen LogP) is 3.34. The molecule has 0 amide bonds. The van der Waals surface area contributed by atoms with Crippen molar-refractivity contribution in [1.82, 2.24) is 0 Å². The minimum Gasteiger partial charge on any atom is -0.489 e. The quantitative estimate of drug-likeness (QED) is 0.787. The first-order valence-electron chi connectivity index (χ1n) is 5.09. The fraction of sp³-hybridized carbons (Fsp3) is 0.308. The first-order valence-corrected chi connectivity index (χ1v) is 5.52. The highest BCUT2D eigenvalue weighted by Gasteiger charge is 1.99. The molecule has 0 aliphatic rings. The highest BCUT2D eigenvalue weighted by molar-refractivity contribution is 6.25. The standard InChI is InChI=1S/C13H15ClO2/c1-10(8-14)9-16-13-5-3-12(4-6-13)7-11(2)15/h3-6,8H,7,9H2,1-2H3/b10-8+. The zero-order chi connectivity index (χ0) is 12.0. The molecule has 0 bridgehead atoms. The van der Waals surface area contributed by atoms with Gasteiger partial charge in [0.05, 0.1) is 0 Å². The molecule has 0 fully saturated rings. The van der Waals surface area contributed by atoms with E-state index in [1.54, 1.807) is 6.92 Å². The molecule has 16 heavy (non-hydrogen) atoms. The van der Waals surface area contributed by atoms with E-state index in [9.17, 15) is 4.79 Å². The molecular formula is C13H15ClO2. The average Bonchev–Trinajstić information content (AvgIpc) is 2.27. The Morgan fingerprint density at radius 1 is 1.31 bits per heavy atom. The molecule has 2 nitrogen and oxygen atoms in total. The molecule has 0 atom stereocenters. The third kappa shape index (κ3) is 4.49. The summed E-state index contributed by atoms with van der Waals surface area (Å²) in [6.07, 6.45) is 0.473. The van der Waals surface area contributed by atoms with E-state index in [1.165, 1.54) is 5.54 Å². The molecule has 0 saturated carbocycles. The minimum atomic E-state index is 0.162. The van der Waals surface area contributed by atoms with Gasteiger partial charge in [0.1, 0.15) is 18.1 Å². The molecule has 3 heteroatoms. The number of hydrogen-bond acceptors (Lipinski definition) is 2. The van der Waals surface area contributed by atoms with E-state index in [2.05, 4.69) is 0 Å². The number of hydrogen-bond donors (Lipinski definition) is 0. The second-order valence-corrected chi connectivity index (χ2v) is 3.99. The molecular weight excluding hydrogens is 224 g/mol. The summed E-state index contributed by atoms with van der Waals surface area (Å²) in [5.41, 5.74) is 3.48. The van der Waals surface area contributed by atoms with Gasteiger partial charge in [-0.3, -0.25) is 4.79 Å². The second kappa shape index (κ2) is 6.33. The molecule has 0 aliphatic heterocycles. The summed E-state index contributed by atoms with van der Waals surface area (Å²) in [4.78, 5) is 10.9.